The van der Waals surface area contributed by atoms with Crippen LogP contribution in [-0.2, 0) is 10.0 Å². The number of aromatic carboxylic acids is 1. The van der Waals surface area contributed by atoms with Gasteiger partial charge in [0.15, 0.2) is 5.75 Å². The van der Waals surface area contributed by atoms with Gasteiger partial charge in [-0.05, 0) is 38.1 Å². The van der Waals surface area contributed by atoms with E-state index in [1.807, 2.05) is 0 Å². The van der Waals surface area contributed by atoms with E-state index in [0.29, 0.717) is 0 Å². The highest BCUT2D eigenvalue weighted by Crippen LogP contribution is 2.39. The molecule has 0 fully saturated rings. The Morgan fingerprint density at radius 3 is 2.22 bits per heavy atom. The van der Waals surface area contributed by atoms with Crippen LogP contribution in [0.2, 0.25) is 10.0 Å². The van der Waals surface area contributed by atoms with Crippen molar-refractivity contribution in [2.75, 3.05) is 7.11 Å². The van der Waals surface area contributed by atoms with Crippen LogP contribution in [0.4, 0.5) is 0 Å². The van der Waals surface area contributed by atoms with Crippen LogP contribution in [0.5, 0.6) is 17.2 Å². The van der Waals surface area contributed by atoms with Gasteiger partial charge in [0.25, 0.3) is 0 Å². The lowest BCUT2D eigenvalue weighted by molar-refractivity contribution is 0.0697. The topological polar surface area (TPSA) is 102 Å². The first-order valence-corrected chi connectivity index (χ1v) is 9.89. The quantitative estimate of drug-likeness (QED) is 0.678. The second-order valence-corrected chi connectivity index (χ2v) is 8.26. The van der Waals surface area contributed by atoms with Crippen LogP contribution in [0.15, 0.2) is 35.2 Å². The van der Waals surface area contributed by atoms with E-state index in [-0.39, 0.29) is 43.8 Å². The summed E-state index contributed by atoms with van der Waals surface area (Å²) in [4.78, 5) is 10.9. The number of hydrogen-bond acceptors (Lipinski definition) is 5. The van der Waals surface area contributed by atoms with Crippen molar-refractivity contribution in [2.45, 2.75) is 24.8 Å². The summed E-state index contributed by atoms with van der Waals surface area (Å²) in [6.45, 7) is 3.38. The molecule has 27 heavy (non-hydrogen) atoms. The Balaban J connectivity index is 2.47. The number of hydrogen-bond donors (Lipinski definition) is 2. The van der Waals surface area contributed by atoms with Crippen molar-refractivity contribution in [3.63, 3.8) is 0 Å². The van der Waals surface area contributed by atoms with E-state index in [1.54, 1.807) is 13.8 Å². The number of methoxy groups -OCH3 is 1. The van der Waals surface area contributed by atoms with Gasteiger partial charge in [0, 0.05) is 12.1 Å². The summed E-state index contributed by atoms with van der Waals surface area (Å²) in [5, 5.41) is 8.97. The largest absolute Gasteiger partial charge is 0.495 e. The summed E-state index contributed by atoms with van der Waals surface area (Å²) in [5.74, 6) is -0.919. The molecule has 10 heteroatoms. The molecule has 2 rings (SSSR count). The predicted octanol–water partition coefficient (Wildman–Crippen LogP) is 4.18. The number of carboxylic acid groups (broad SMARTS) is 1. The number of carbonyl (C=O) groups is 1. The monoisotopic (exact) mass is 433 g/mol. The fraction of sp³-hybridized carbons (Fsp3) is 0.235. The third-order valence-electron chi connectivity index (χ3n) is 3.28. The third-order valence-corrected chi connectivity index (χ3v) is 5.52. The van der Waals surface area contributed by atoms with Crippen molar-refractivity contribution in [2.24, 2.45) is 0 Å². The summed E-state index contributed by atoms with van der Waals surface area (Å²) in [7, 11) is -2.50. The minimum absolute atomic E-state index is 0.00802. The van der Waals surface area contributed by atoms with Gasteiger partial charge in [0.2, 0.25) is 10.0 Å². The lowest BCUT2D eigenvalue weighted by Crippen LogP contribution is -2.30. The van der Waals surface area contributed by atoms with E-state index in [0.717, 1.165) is 0 Å². The molecule has 0 bridgehead atoms. The Kier molecular flexibility index (Phi) is 6.59. The average Bonchev–Trinajstić information content (AvgIpc) is 2.56. The van der Waals surface area contributed by atoms with Gasteiger partial charge in [-0.15, -0.1) is 0 Å². The summed E-state index contributed by atoms with van der Waals surface area (Å²) in [5.41, 5.74) is -0.100. The second-order valence-electron chi connectivity index (χ2n) is 5.76. The standard InChI is InChI=1S/C17H17Cl2NO6S/c1-9(2)20-27(23,24)15-8-11(4-5-14(15)25-3)26-16-12(18)6-10(17(21)22)7-13(16)19/h4-9,20H,1-3H3,(H,21,22). The molecule has 0 aromatic heterocycles. The second kappa shape index (κ2) is 8.35. The Morgan fingerprint density at radius 1 is 1.15 bits per heavy atom. The first-order chi connectivity index (χ1) is 12.5. The molecule has 0 saturated heterocycles. The number of halogens is 2. The van der Waals surface area contributed by atoms with Gasteiger partial charge in [-0.25, -0.2) is 17.9 Å². The van der Waals surface area contributed by atoms with Gasteiger partial charge >= 0.3 is 5.97 Å². The molecule has 0 radical (unpaired) electrons. The first kappa shape index (κ1) is 21.3. The number of carboxylic acids is 1. The minimum atomic E-state index is -3.85. The zero-order valence-electron chi connectivity index (χ0n) is 14.6. The van der Waals surface area contributed by atoms with Crippen molar-refractivity contribution in [1.29, 1.82) is 0 Å². The van der Waals surface area contributed by atoms with E-state index in [9.17, 15) is 13.2 Å². The van der Waals surface area contributed by atoms with Crippen LogP contribution in [0.25, 0.3) is 0 Å². The maximum absolute atomic E-state index is 12.5. The Labute approximate surface area is 166 Å². The zero-order chi connectivity index (χ0) is 20.4. The Morgan fingerprint density at radius 2 is 1.74 bits per heavy atom. The number of rotatable bonds is 7. The number of sulfonamides is 1. The summed E-state index contributed by atoms with van der Waals surface area (Å²) in [6, 6.07) is 6.22. The van der Waals surface area contributed by atoms with Gasteiger partial charge in [-0.2, -0.15) is 0 Å². The van der Waals surface area contributed by atoms with Crippen LogP contribution in [0.3, 0.4) is 0 Å². The molecule has 0 aliphatic rings. The Bertz CT molecular complexity index is 952. The average molecular weight is 434 g/mol. The maximum Gasteiger partial charge on any atom is 0.335 e. The summed E-state index contributed by atoms with van der Waals surface area (Å²) < 4.78 is 38.2. The van der Waals surface area contributed by atoms with Crippen LogP contribution >= 0.6 is 23.2 Å². The van der Waals surface area contributed by atoms with Crippen LogP contribution < -0.4 is 14.2 Å². The molecule has 7 nitrogen and oxygen atoms in total. The van der Waals surface area contributed by atoms with Crippen molar-refractivity contribution in [3.05, 3.63) is 45.9 Å². The normalized spacial score (nSPS) is 11.5. The van der Waals surface area contributed by atoms with E-state index in [1.165, 1.54) is 37.4 Å². The summed E-state index contributed by atoms with van der Waals surface area (Å²) >= 11 is 12.1. The summed E-state index contributed by atoms with van der Waals surface area (Å²) in [6.07, 6.45) is 0. The molecule has 2 N–H and O–H groups in total. The van der Waals surface area contributed by atoms with Gasteiger partial charge in [0.05, 0.1) is 22.7 Å². The van der Waals surface area contributed by atoms with E-state index < -0.39 is 16.0 Å². The molecule has 0 spiro atoms. The molecule has 146 valence electrons. The highest BCUT2D eigenvalue weighted by Gasteiger charge is 2.22. The first-order valence-electron chi connectivity index (χ1n) is 7.65. The van der Waals surface area contributed by atoms with E-state index >= 15 is 0 Å². The SMILES string of the molecule is COc1ccc(Oc2c(Cl)cc(C(=O)O)cc2Cl)cc1S(=O)(=O)NC(C)C. The number of benzene rings is 2. The maximum atomic E-state index is 12.5. The smallest absolute Gasteiger partial charge is 0.335 e. The van der Waals surface area contributed by atoms with E-state index in [2.05, 4.69) is 4.72 Å². The molecule has 0 aliphatic heterocycles. The lowest BCUT2D eigenvalue weighted by Gasteiger charge is -2.15. The molecular weight excluding hydrogens is 417 g/mol. The van der Waals surface area contributed by atoms with Gasteiger partial charge in [-0.3, -0.25) is 0 Å². The van der Waals surface area contributed by atoms with Crippen LogP contribution in [-0.4, -0.2) is 32.6 Å². The van der Waals surface area contributed by atoms with Gasteiger partial charge in [-0.1, -0.05) is 23.2 Å². The lowest BCUT2D eigenvalue weighted by atomic mass is 10.2. The predicted molar refractivity (Wildman–Crippen MR) is 102 cm³/mol. The van der Waals surface area contributed by atoms with Crippen LogP contribution in [0.1, 0.15) is 24.2 Å². The molecule has 0 saturated carbocycles. The number of ether oxygens (including phenoxy) is 2. The molecule has 2 aromatic carbocycles. The minimum Gasteiger partial charge on any atom is -0.495 e. The fourth-order valence-corrected chi connectivity index (χ4v) is 4.20. The fourth-order valence-electron chi connectivity index (χ4n) is 2.20. The zero-order valence-corrected chi connectivity index (χ0v) is 16.9. The molecule has 0 amide bonds. The highest BCUT2D eigenvalue weighted by molar-refractivity contribution is 7.89. The molecule has 0 atom stereocenters. The van der Waals surface area contributed by atoms with E-state index in [4.69, 9.17) is 37.8 Å². The van der Waals surface area contributed by atoms with Crippen molar-refractivity contribution >= 4 is 39.2 Å². The molecule has 2 aromatic rings. The Hall–Kier alpha value is -2.00. The van der Waals surface area contributed by atoms with Crippen molar-refractivity contribution in [3.8, 4) is 17.2 Å². The molecule has 0 heterocycles. The van der Waals surface area contributed by atoms with Crippen LogP contribution in [0, 0.1) is 0 Å². The molecular formula is C17H17Cl2NO6S. The van der Waals surface area contributed by atoms with Crippen molar-refractivity contribution in [1.82, 2.24) is 4.72 Å². The third kappa shape index (κ3) is 5.04. The van der Waals surface area contributed by atoms with Gasteiger partial charge in [0.1, 0.15) is 16.4 Å². The molecule has 0 aliphatic carbocycles. The highest BCUT2D eigenvalue weighted by atomic mass is 35.5. The van der Waals surface area contributed by atoms with Crippen molar-refractivity contribution < 1.29 is 27.8 Å². The number of nitrogens with one attached hydrogen (secondary N) is 1. The molecule has 0 unspecified atom stereocenters. The van der Waals surface area contributed by atoms with Gasteiger partial charge < -0.3 is 14.6 Å².